The highest BCUT2D eigenvalue weighted by molar-refractivity contribution is 6.35. The summed E-state index contributed by atoms with van der Waals surface area (Å²) in [4.78, 5) is 18.5. The fraction of sp³-hybridized carbons (Fsp3) is 0.519. The molecule has 1 atom stereocenters. The second-order valence-electron chi connectivity index (χ2n) is 10.3. The molecule has 3 fully saturated rings. The van der Waals surface area contributed by atoms with E-state index in [1.807, 2.05) is 24.4 Å². The predicted octanol–water partition coefficient (Wildman–Crippen LogP) is 4.99. The monoisotopic (exact) mass is 511 g/mol. The highest BCUT2D eigenvalue weighted by Crippen LogP contribution is 2.46. The topological polar surface area (TPSA) is 74.6 Å². The van der Waals surface area contributed by atoms with Gasteiger partial charge in [-0.3, -0.25) is 4.98 Å². The number of hydrogen-bond acceptors (Lipinski definition) is 7. The molecule has 7 nitrogen and oxygen atoms in total. The number of alkyl halides is 1. The summed E-state index contributed by atoms with van der Waals surface area (Å²) in [6.07, 6.45) is 5.71. The Bertz CT molecular complexity index is 1280. The quantitative estimate of drug-likeness (QED) is 0.517. The van der Waals surface area contributed by atoms with Gasteiger partial charge in [0.1, 0.15) is 11.6 Å². The molecule has 3 aliphatic rings. The van der Waals surface area contributed by atoms with Crippen molar-refractivity contribution in [3.63, 3.8) is 0 Å². The fourth-order valence-corrected chi connectivity index (χ4v) is 5.97. The van der Waals surface area contributed by atoms with E-state index in [1.165, 1.54) is 0 Å². The van der Waals surface area contributed by atoms with Gasteiger partial charge >= 0.3 is 0 Å². The first kappa shape index (κ1) is 23.7. The van der Waals surface area contributed by atoms with Crippen LogP contribution < -0.4 is 14.5 Å². The number of fused-ring (bicyclic) bond motifs is 1. The molecule has 2 aromatic heterocycles. The number of ether oxygens (including phenoxy) is 1. The normalized spacial score (nSPS) is 22.2. The van der Waals surface area contributed by atoms with Gasteiger partial charge in [0.15, 0.2) is 11.5 Å². The van der Waals surface area contributed by atoms with Crippen molar-refractivity contribution in [2.75, 3.05) is 43.1 Å². The maximum absolute atomic E-state index is 15.5. The molecule has 9 heteroatoms. The van der Waals surface area contributed by atoms with E-state index in [0.29, 0.717) is 29.9 Å². The summed E-state index contributed by atoms with van der Waals surface area (Å²) >= 11 is 6.77. The number of pyridine rings is 1. The highest BCUT2D eigenvalue weighted by Gasteiger charge is 2.43. The van der Waals surface area contributed by atoms with Crippen LogP contribution in [-0.4, -0.2) is 59.5 Å². The van der Waals surface area contributed by atoms with Crippen LogP contribution in [0.25, 0.3) is 10.9 Å². The molecule has 1 N–H and O–H groups in total. The number of nitrogens with zero attached hydrogens (tertiary/aromatic N) is 5. The second kappa shape index (κ2) is 9.30. The SMILES string of the molecule is COc1cccnc1C1CCN(c2nc(C3(F)CCC3)nc3c(Cl)cc(N4CC[C@H](O)C4)cc23)CC1. The Labute approximate surface area is 215 Å². The summed E-state index contributed by atoms with van der Waals surface area (Å²) < 4.78 is 21.1. The number of β-amino-alcohol motifs (C(OH)–C–C–N with tert-alkyl or cyclic N) is 1. The summed E-state index contributed by atoms with van der Waals surface area (Å²) in [7, 11) is 1.68. The van der Waals surface area contributed by atoms with E-state index in [1.54, 1.807) is 7.11 Å². The van der Waals surface area contributed by atoms with E-state index < -0.39 is 5.67 Å². The lowest BCUT2D eigenvalue weighted by atomic mass is 9.81. The maximum atomic E-state index is 15.5. The van der Waals surface area contributed by atoms with Crippen molar-refractivity contribution in [1.29, 1.82) is 0 Å². The summed E-state index contributed by atoms with van der Waals surface area (Å²) in [5, 5.41) is 11.4. The maximum Gasteiger partial charge on any atom is 0.170 e. The van der Waals surface area contributed by atoms with Gasteiger partial charge in [-0.25, -0.2) is 14.4 Å². The van der Waals surface area contributed by atoms with E-state index >= 15 is 4.39 Å². The van der Waals surface area contributed by atoms with Gasteiger partial charge in [0.05, 0.1) is 29.4 Å². The highest BCUT2D eigenvalue weighted by atomic mass is 35.5. The Balaban J connectivity index is 1.37. The third-order valence-corrected chi connectivity index (χ3v) is 8.28. The molecule has 1 aromatic carbocycles. The first-order valence-corrected chi connectivity index (χ1v) is 13.2. The van der Waals surface area contributed by atoms with Gasteiger partial charge in [-0.2, -0.15) is 0 Å². The third kappa shape index (κ3) is 4.14. The predicted molar refractivity (Wildman–Crippen MR) is 139 cm³/mol. The molecule has 2 aliphatic heterocycles. The minimum Gasteiger partial charge on any atom is -0.495 e. The Kier molecular flexibility index (Phi) is 6.12. The zero-order valence-corrected chi connectivity index (χ0v) is 21.2. The van der Waals surface area contributed by atoms with Gasteiger partial charge in [0, 0.05) is 49.4 Å². The molecule has 0 spiro atoms. The van der Waals surface area contributed by atoms with Gasteiger partial charge in [-0.15, -0.1) is 0 Å². The number of piperidine rings is 1. The molecule has 0 unspecified atom stereocenters. The van der Waals surface area contributed by atoms with Gasteiger partial charge in [-0.05, 0) is 62.8 Å². The number of aromatic nitrogens is 3. The van der Waals surface area contributed by atoms with Crippen LogP contribution in [0.15, 0.2) is 30.5 Å². The number of methoxy groups -OCH3 is 1. The van der Waals surface area contributed by atoms with Crippen LogP contribution in [0.4, 0.5) is 15.9 Å². The number of hydrogen-bond donors (Lipinski definition) is 1. The van der Waals surface area contributed by atoms with E-state index in [-0.39, 0.29) is 17.8 Å². The Hall–Kier alpha value is -2.71. The van der Waals surface area contributed by atoms with E-state index in [2.05, 4.69) is 25.8 Å². The molecular formula is C27H31ClFN5O2. The van der Waals surface area contributed by atoms with Gasteiger partial charge in [0.25, 0.3) is 0 Å². The van der Waals surface area contributed by atoms with Crippen LogP contribution in [0, 0.1) is 0 Å². The van der Waals surface area contributed by atoms with Crippen molar-refractivity contribution in [3.8, 4) is 5.75 Å². The molecule has 190 valence electrons. The first-order valence-electron chi connectivity index (χ1n) is 12.8. The van der Waals surface area contributed by atoms with Crippen molar-refractivity contribution >= 4 is 34.0 Å². The largest absolute Gasteiger partial charge is 0.495 e. The van der Waals surface area contributed by atoms with E-state index in [0.717, 1.165) is 73.7 Å². The standard InChI is InChI=1S/C27H31ClFN5O2/c1-36-22-4-2-10-30-23(22)17-5-11-33(12-6-17)25-20-14-18(34-13-7-19(35)16-34)15-21(28)24(20)31-26(32-25)27(29)8-3-9-27/h2,4,10,14-15,17,19,35H,3,5-9,11-13,16H2,1H3/t19-/m0/s1. The summed E-state index contributed by atoms with van der Waals surface area (Å²) in [6.45, 7) is 2.86. The summed E-state index contributed by atoms with van der Waals surface area (Å²) in [6, 6.07) is 7.78. The minimum atomic E-state index is -1.48. The number of anilines is 2. The van der Waals surface area contributed by atoms with Crippen molar-refractivity contribution in [2.24, 2.45) is 0 Å². The lowest BCUT2D eigenvalue weighted by Gasteiger charge is -2.36. The molecule has 2 saturated heterocycles. The van der Waals surface area contributed by atoms with Crippen LogP contribution >= 0.6 is 11.6 Å². The summed E-state index contributed by atoms with van der Waals surface area (Å²) in [5.74, 6) is 2.10. The molecule has 4 heterocycles. The van der Waals surface area contributed by atoms with Crippen LogP contribution in [0.2, 0.25) is 5.02 Å². The minimum absolute atomic E-state index is 0.246. The third-order valence-electron chi connectivity index (χ3n) is 7.99. The molecule has 1 saturated carbocycles. The smallest absolute Gasteiger partial charge is 0.170 e. The average molecular weight is 512 g/mol. The van der Waals surface area contributed by atoms with Crippen LogP contribution in [0.5, 0.6) is 5.75 Å². The Morgan fingerprint density at radius 1 is 1.11 bits per heavy atom. The fourth-order valence-electron chi connectivity index (χ4n) is 5.72. The van der Waals surface area contributed by atoms with Crippen molar-refractivity contribution in [1.82, 2.24) is 15.0 Å². The summed E-state index contributed by atoms with van der Waals surface area (Å²) in [5.41, 5.74) is 1.04. The van der Waals surface area contributed by atoms with Crippen LogP contribution in [-0.2, 0) is 5.67 Å². The van der Waals surface area contributed by atoms with Gasteiger partial charge < -0.3 is 19.6 Å². The zero-order valence-electron chi connectivity index (χ0n) is 20.5. The number of aliphatic hydroxyl groups is 1. The Morgan fingerprint density at radius 3 is 2.56 bits per heavy atom. The van der Waals surface area contributed by atoms with E-state index in [9.17, 15) is 5.11 Å². The average Bonchev–Trinajstić information content (AvgIpc) is 3.33. The Morgan fingerprint density at radius 2 is 1.89 bits per heavy atom. The molecule has 36 heavy (non-hydrogen) atoms. The lowest BCUT2D eigenvalue weighted by Crippen LogP contribution is -2.36. The molecular weight excluding hydrogens is 481 g/mol. The van der Waals surface area contributed by atoms with Gasteiger partial charge in [0.2, 0.25) is 0 Å². The van der Waals surface area contributed by atoms with Crippen molar-refractivity contribution < 1.29 is 14.2 Å². The molecule has 0 amide bonds. The van der Waals surface area contributed by atoms with Crippen molar-refractivity contribution in [3.05, 3.63) is 47.0 Å². The molecule has 0 bridgehead atoms. The molecule has 3 aromatic rings. The molecule has 6 rings (SSSR count). The number of benzene rings is 1. The number of halogens is 2. The van der Waals surface area contributed by atoms with Crippen LogP contribution in [0.1, 0.15) is 56.0 Å². The lowest BCUT2D eigenvalue weighted by molar-refractivity contribution is 0.0512. The van der Waals surface area contributed by atoms with E-state index in [4.69, 9.17) is 21.3 Å². The molecule has 1 aliphatic carbocycles. The number of aliphatic hydroxyl groups excluding tert-OH is 1. The number of rotatable bonds is 5. The molecule has 0 radical (unpaired) electrons. The van der Waals surface area contributed by atoms with Crippen LogP contribution in [0.3, 0.4) is 0 Å². The zero-order chi connectivity index (χ0) is 24.9. The van der Waals surface area contributed by atoms with Gasteiger partial charge in [-0.1, -0.05) is 11.6 Å². The van der Waals surface area contributed by atoms with Crippen molar-refractivity contribution in [2.45, 2.75) is 56.2 Å². The second-order valence-corrected chi connectivity index (χ2v) is 10.7. The first-order chi connectivity index (χ1) is 17.4.